The Kier molecular flexibility index (Phi) is 7.55. The number of sulfonamides is 1. The van der Waals surface area contributed by atoms with Crippen LogP contribution in [0.2, 0.25) is 5.02 Å². The fourth-order valence-corrected chi connectivity index (χ4v) is 5.66. The van der Waals surface area contributed by atoms with Gasteiger partial charge in [0.2, 0.25) is 4.34 Å². The molecule has 0 spiro atoms. The predicted molar refractivity (Wildman–Crippen MR) is 121 cm³/mol. The number of nitrogens with zero attached hydrogens (tertiary/aromatic N) is 2. The zero-order valence-corrected chi connectivity index (χ0v) is 19.8. The molecule has 33 heavy (non-hydrogen) atoms. The summed E-state index contributed by atoms with van der Waals surface area (Å²) in [6.07, 6.45) is -1.57. The van der Waals surface area contributed by atoms with Crippen molar-refractivity contribution < 1.29 is 31.8 Å². The Morgan fingerprint density at radius 1 is 1.30 bits per heavy atom. The van der Waals surface area contributed by atoms with E-state index in [4.69, 9.17) is 21.4 Å². The summed E-state index contributed by atoms with van der Waals surface area (Å²) in [5.41, 5.74) is 0.946. The van der Waals surface area contributed by atoms with Gasteiger partial charge in [-0.2, -0.15) is 8.42 Å². The lowest BCUT2D eigenvalue weighted by molar-refractivity contribution is 0.0696. The average Bonchev–Trinajstić information content (AvgIpc) is 3.20. The van der Waals surface area contributed by atoms with E-state index in [1.165, 1.54) is 31.2 Å². The minimum absolute atomic E-state index is 0.0740. The lowest BCUT2D eigenvalue weighted by Gasteiger charge is -2.26. The highest BCUT2D eigenvalue weighted by Gasteiger charge is 2.32. The highest BCUT2D eigenvalue weighted by atomic mass is 35.5. The number of carboxylic acids is 1. The summed E-state index contributed by atoms with van der Waals surface area (Å²) in [4.78, 5) is 15.0. The Balaban J connectivity index is 2.01. The van der Waals surface area contributed by atoms with Gasteiger partial charge < -0.3 is 9.84 Å². The molecule has 0 aliphatic heterocycles. The molecule has 1 N–H and O–H groups in total. The first kappa shape index (κ1) is 24.9. The van der Waals surface area contributed by atoms with Gasteiger partial charge in [0.05, 0.1) is 22.8 Å². The van der Waals surface area contributed by atoms with Crippen molar-refractivity contribution in [2.45, 2.75) is 31.0 Å². The summed E-state index contributed by atoms with van der Waals surface area (Å²) in [5, 5.41) is 10.2. The van der Waals surface area contributed by atoms with Crippen LogP contribution < -0.4 is 9.04 Å². The van der Waals surface area contributed by atoms with E-state index in [0.717, 1.165) is 27.8 Å². The van der Waals surface area contributed by atoms with Crippen LogP contribution in [-0.4, -0.2) is 37.2 Å². The number of rotatable bonds is 9. The van der Waals surface area contributed by atoms with E-state index in [9.17, 15) is 22.0 Å². The molecule has 2 aromatic carbocycles. The van der Waals surface area contributed by atoms with Crippen LogP contribution in [0.25, 0.3) is 0 Å². The summed E-state index contributed by atoms with van der Waals surface area (Å²) in [6, 6.07) is 7.73. The van der Waals surface area contributed by atoms with E-state index in [1.807, 2.05) is 0 Å². The van der Waals surface area contributed by atoms with Gasteiger partial charge in [-0.05, 0) is 37.6 Å². The molecule has 1 aromatic heterocycles. The Morgan fingerprint density at radius 2 is 1.97 bits per heavy atom. The molecule has 0 saturated heterocycles. The second-order valence-electron chi connectivity index (χ2n) is 7.10. The molecule has 0 aliphatic carbocycles. The highest BCUT2D eigenvalue weighted by molar-refractivity contribution is 7.94. The van der Waals surface area contributed by atoms with Crippen LogP contribution in [-0.2, 0) is 16.6 Å². The van der Waals surface area contributed by atoms with Crippen LogP contribution in [0.1, 0.15) is 28.5 Å². The fourth-order valence-electron chi connectivity index (χ4n) is 2.83. The number of benzene rings is 2. The maximum Gasteiger partial charge on any atom is 0.335 e. The van der Waals surface area contributed by atoms with Gasteiger partial charge in [-0.15, -0.1) is 11.3 Å². The van der Waals surface area contributed by atoms with Crippen LogP contribution in [0.4, 0.5) is 14.5 Å². The quantitative estimate of drug-likeness (QED) is 0.426. The smallest absolute Gasteiger partial charge is 0.335 e. The van der Waals surface area contributed by atoms with Crippen LogP contribution >= 0.6 is 22.9 Å². The van der Waals surface area contributed by atoms with Crippen LogP contribution in [0.5, 0.6) is 5.75 Å². The van der Waals surface area contributed by atoms with Crippen molar-refractivity contribution in [3.8, 4) is 5.75 Å². The second-order valence-corrected chi connectivity index (χ2v) is 10.4. The van der Waals surface area contributed by atoms with E-state index in [0.29, 0.717) is 11.3 Å². The zero-order chi connectivity index (χ0) is 24.3. The molecule has 0 aliphatic rings. The molecule has 12 heteroatoms. The number of hydrogen-bond donors (Lipinski definition) is 1. The van der Waals surface area contributed by atoms with Crippen LogP contribution in [0.3, 0.4) is 0 Å². The van der Waals surface area contributed by atoms with Gasteiger partial charge in [-0.25, -0.2) is 18.6 Å². The fraction of sp³-hybridized carbons (Fsp3) is 0.238. The first-order chi connectivity index (χ1) is 15.5. The van der Waals surface area contributed by atoms with E-state index in [2.05, 4.69) is 4.98 Å². The number of alkyl halides is 1. The highest BCUT2D eigenvalue weighted by Crippen LogP contribution is 2.38. The van der Waals surface area contributed by atoms with Crippen LogP contribution in [0, 0.1) is 12.7 Å². The predicted octanol–water partition coefficient (Wildman–Crippen LogP) is 5.07. The molecular formula is C21H19ClF2N2O5S2. The van der Waals surface area contributed by atoms with E-state index in [-0.39, 0.29) is 33.0 Å². The average molecular weight is 517 g/mol. The van der Waals surface area contributed by atoms with Gasteiger partial charge in [0, 0.05) is 17.1 Å². The van der Waals surface area contributed by atoms with Crippen molar-refractivity contribution in [3.63, 3.8) is 0 Å². The number of halogens is 3. The SMILES string of the molecule is Cc1csc(S(=O)(=O)N(CC(C)F)c2cc(Cl)c(F)cc2OCc2ccc(C(=O)O)cc2)n1. The van der Waals surface area contributed by atoms with Crippen molar-refractivity contribution in [1.29, 1.82) is 0 Å². The minimum Gasteiger partial charge on any atom is -0.487 e. The maximum absolute atomic E-state index is 14.2. The van der Waals surface area contributed by atoms with Gasteiger partial charge in [-0.1, -0.05) is 23.7 Å². The number of hydrogen-bond acceptors (Lipinski definition) is 6. The number of aromatic nitrogens is 1. The van der Waals surface area contributed by atoms with E-state index < -0.39 is 34.5 Å². The van der Waals surface area contributed by atoms with Crippen molar-refractivity contribution in [1.82, 2.24) is 4.98 Å². The lowest BCUT2D eigenvalue weighted by atomic mass is 10.1. The number of ether oxygens (including phenoxy) is 1. The Labute approximate surface area is 198 Å². The monoisotopic (exact) mass is 516 g/mol. The Morgan fingerprint density at radius 3 is 2.52 bits per heavy atom. The third-order valence-electron chi connectivity index (χ3n) is 4.39. The molecule has 1 unspecified atom stereocenters. The molecule has 1 heterocycles. The molecule has 1 atom stereocenters. The van der Waals surface area contributed by atoms with Gasteiger partial charge >= 0.3 is 5.97 Å². The largest absolute Gasteiger partial charge is 0.487 e. The molecule has 3 aromatic rings. The lowest BCUT2D eigenvalue weighted by Crippen LogP contribution is -2.36. The molecule has 0 amide bonds. The Bertz CT molecular complexity index is 1260. The first-order valence-electron chi connectivity index (χ1n) is 9.52. The third-order valence-corrected chi connectivity index (χ3v) is 7.81. The molecule has 3 rings (SSSR count). The van der Waals surface area contributed by atoms with Gasteiger partial charge in [0.25, 0.3) is 10.0 Å². The summed E-state index contributed by atoms with van der Waals surface area (Å²) >= 11 is 6.79. The minimum atomic E-state index is -4.30. The normalized spacial score (nSPS) is 12.4. The number of carboxylic acid groups (broad SMARTS) is 1. The van der Waals surface area contributed by atoms with Crippen LogP contribution in [0.15, 0.2) is 46.1 Å². The summed E-state index contributed by atoms with van der Waals surface area (Å²) in [6.45, 7) is 2.10. The number of carbonyl (C=O) groups is 1. The van der Waals surface area contributed by atoms with E-state index >= 15 is 0 Å². The standard InChI is InChI=1S/C21H19ClF2N2O5S2/c1-12(23)9-26(33(29,30)21-25-13(2)11-32-21)18-7-16(22)17(24)8-19(18)31-10-14-3-5-15(6-4-14)20(27)28/h3-8,11-12H,9-10H2,1-2H3,(H,27,28). The van der Waals surface area contributed by atoms with Crippen molar-refractivity contribution in [2.24, 2.45) is 0 Å². The molecule has 7 nitrogen and oxygen atoms in total. The molecule has 0 bridgehead atoms. The van der Waals surface area contributed by atoms with Crippen molar-refractivity contribution in [2.75, 3.05) is 10.8 Å². The summed E-state index contributed by atoms with van der Waals surface area (Å²) in [5.74, 6) is -2.13. The number of aromatic carboxylic acids is 1. The van der Waals surface area contributed by atoms with Gasteiger partial charge in [0.15, 0.2) is 0 Å². The summed E-state index contributed by atoms with van der Waals surface area (Å²) in [7, 11) is -4.30. The molecule has 0 fully saturated rings. The Hall–Kier alpha value is -2.76. The molecule has 0 radical (unpaired) electrons. The van der Waals surface area contributed by atoms with Crippen molar-refractivity contribution >= 4 is 44.6 Å². The van der Waals surface area contributed by atoms with Crippen molar-refractivity contribution in [3.05, 3.63) is 69.4 Å². The molecule has 176 valence electrons. The molecular weight excluding hydrogens is 498 g/mol. The molecule has 0 saturated carbocycles. The van der Waals surface area contributed by atoms with Gasteiger partial charge in [-0.3, -0.25) is 4.31 Å². The first-order valence-corrected chi connectivity index (χ1v) is 12.2. The number of aryl methyl sites for hydroxylation is 1. The zero-order valence-electron chi connectivity index (χ0n) is 17.5. The number of thiazole rings is 1. The number of anilines is 1. The summed E-state index contributed by atoms with van der Waals surface area (Å²) < 4.78 is 61.0. The topological polar surface area (TPSA) is 96.8 Å². The van der Waals surface area contributed by atoms with E-state index in [1.54, 1.807) is 12.3 Å². The second kappa shape index (κ2) is 10.0. The third kappa shape index (κ3) is 5.79. The maximum atomic E-state index is 14.2. The van der Waals surface area contributed by atoms with Gasteiger partial charge in [0.1, 0.15) is 24.3 Å².